The maximum atomic E-state index is 10.7. The van der Waals surface area contributed by atoms with Crippen LogP contribution in [-0.2, 0) is 6.54 Å². The van der Waals surface area contributed by atoms with Gasteiger partial charge in [0.1, 0.15) is 0 Å². The molecule has 1 aromatic carbocycles. The highest BCUT2D eigenvalue weighted by atomic mass is 35.5. The molecule has 0 unspecified atom stereocenters. The van der Waals surface area contributed by atoms with E-state index in [-0.39, 0.29) is 12.3 Å². The number of nitrogens with zero attached hydrogens (tertiary/aromatic N) is 3. The van der Waals surface area contributed by atoms with Gasteiger partial charge < -0.3 is 5.11 Å². The third-order valence-corrected chi connectivity index (χ3v) is 3.87. The van der Waals surface area contributed by atoms with Crippen LogP contribution in [0.1, 0.15) is 5.56 Å². The zero-order valence-corrected chi connectivity index (χ0v) is 11.9. The van der Waals surface area contributed by atoms with E-state index < -0.39 is 4.92 Å². The summed E-state index contributed by atoms with van der Waals surface area (Å²) in [5.41, 5.74) is 0.930. The van der Waals surface area contributed by atoms with Crippen LogP contribution in [0.4, 0.5) is 5.69 Å². The van der Waals surface area contributed by atoms with Crippen molar-refractivity contribution in [3.63, 3.8) is 0 Å². The number of β-amino-alcohol motifs (C(OH)–C–C–N with tert-alkyl or cyclic N) is 1. The molecule has 1 aromatic rings. The van der Waals surface area contributed by atoms with Gasteiger partial charge in [-0.05, 0) is 11.6 Å². The van der Waals surface area contributed by atoms with Crippen LogP contribution in [0.2, 0.25) is 5.02 Å². The number of benzene rings is 1. The summed E-state index contributed by atoms with van der Waals surface area (Å²) in [4.78, 5) is 14.7. The molecule has 0 saturated carbocycles. The lowest BCUT2D eigenvalue weighted by Crippen LogP contribution is -2.46. The van der Waals surface area contributed by atoms with Gasteiger partial charge in [0.15, 0.2) is 0 Å². The highest BCUT2D eigenvalue weighted by Gasteiger charge is 2.18. The predicted octanol–water partition coefficient (Wildman–Crippen LogP) is 1.36. The molecule has 1 fully saturated rings. The van der Waals surface area contributed by atoms with Crippen molar-refractivity contribution >= 4 is 17.3 Å². The fourth-order valence-electron chi connectivity index (χ4n) is 2.33. The smallest absolute Gasteiger partial charge is 0.270 e. The van der Waals surface area contributed by atoms with E-state index in [1.165, 1.54) is 12.1 Å². The summed E-state index contributed by atoms with van der Waals surface area (Å²) >= 11 is 6.10. The summed E-state index contributed by atoms with van der Waals surface area (Å²) < 4.78 is 0. The first-order valence-corrected chi connectivity index (χ1v) is 6.96. The molecule has 0 aliphatic carbocycles. The molecule has 0 bridgehead atoms. The Morgan fingerprint density at radius 3 is 2.45 bits per heavy atom. The van der Waals surface area contributed by atoms with Gasteiger partial charge in [0.2, 0.25) is 0 Å². The van der Waals surface area contributed by atoms with Crippen LogP contribution in [0.5, 0.6) is 0 Å². The van der Waals surface area contributed by atoms with E-state index in [4.69, 9.17) is 16.7 Å². The molecule has 0 spiro atoms. The Labute approximate surface area is 122 Å². The van der Waals surface area contributed by atoms with E-state index in [0.717, 1.165) is 31.7 Å². The average molecular weight is 300 g/mol. The van der Waals surface area contributed by atoms with Crippen LogP contribution >= 0.6 is 11.6 Å². The first kappa shape index (κ1) is 15.2. The molecule has 1 saturated heterocycles. The Morgan fingerprint density at radius 2 is 1.90 bits per heavy atom. The number of aliphatic hydroxyl groups excluding tert-OH is 1. The number of halogens is 1. The summed E-state index contributed by atoms with van der Waals surface area (Å²) in [5.74, 6) is 0. The van der Waals surface area contributed by atoms with E-state index in [1.807, 2.05) is 0 Å². The Morgan fingerprint density at radius 1 is 1.25 bits per heavy atom. The van der Waals surface area contributed by atoms with Crippen LogP contribution in [0, 0.1) is 10.1 Å². The molecule has 20 heavy (non-hydrogen) atoms. The Hall–Kier alpha value is -1.21. The average Bonchev–Trinajstić information content (AvgIpc) is 2.43. The number of piperazine rings is 1. The molecular weight excluding hydrogens is 282 g/mol. The lowest BCUT2D eigenvalue weighted by molar-refractivity contribution is -0.384. The van der Waals surface area contributed by atoms with Gasteiger partial charge in [0.05, 0.1) is 16.6 Å². The zero-order valence-electron chi connectivity index (χ0n) is 11.2. The second-order valence-corrected chi connectivity index (χ2v) is 5.28. The van der Waals surface area contributed by atoms with Crippen LogP contribution in [0.3, 0.4) is 0 Å². The number of nitro groups is 1. The van der Waals surface area contributed by atoms with Gasteiger partial charge in [-0.15, -0.1) is 0 Å². The molecule has 1 aliphatic heterocycles. The van der Waals surface area contributed by atoms with Crippen molar-refractivity contribution in [3.8, 4) is 0 Å². The summed E-state index contributed by atoms with van der Waals surface area (Å²) in [5, 5.41) is 20.0. The summed E-state index contributed by atoms with van der Waals surface area (Å²) in [7, 11) is 0. The second-order valence-electron chi connectivity index (χ2n) is 4.87. The molecule has 0 aromatic heterocycles. The van der Waals surface area contributed by atoms with Crippen molar-refractivity contribution in [1.82, 2.24) is 9.80 Å². The standard InChI is InChI=1S/C13H18ClN3O3/c14-13-9-12(17(19)20)2-1-11(13)10-16-5-3-15(4-6-16)7-8-18/h1-2,9,18H,3-8,10H2. The quantitative estimate of drug-likeness (QED) is 0.657. The molecule has 1 N–H and O–H groups in total. The molecular formula is C13H18ClN3O3. The minimum atomic E-state index is -0.441. The molecule has 2 rings (SSSR count). The van der Waals surface area contributed by atoms with Crippen LogP contribution in [0.15, 0.2) is 18.2 Å². The minimum Gasteiger partial charge on any atom is -0.395 e. The van der Waals surface area contributed by atoms with Gasteiger partial charge in [0.25, 0.3) is 5.69 Å². The van der Waals surface area contributed by atoms with E-state index in [9.17, 15) is 10.1 Å². The lowest BCUT2D eigenvalue weighted by Gasteiger charge is -2.34. The van der Waals surface area contributed by atoms with Gasteiger partial charge in [-0.2, -0.15) is 0 Å². The fourth-order valence-corrected chi connectivity index (χ4v) is 2.57. The number of non-ortho nitro benzene ring substituents is 1. The number of rotatable bonds is 5. The lowest BCUT2D eigenvalue weighted by atomic mass is 10.1. The normalized spacial score (nSPS) is 17.3. The number of hydrogen-bond donors (Lipinski definition) is 1. The number of nitro benzene ring substituents is 1. The summed E-state index contributed by atoms with van der Waals surface area (Å²) in [6.45, 7) is 5.26. The highest BCUT2D eigenvalue weighted by Crippen LogP contribution is 2.24. The maximum absolute atomic E-state index is 10.7. The van der Waals surface area contributed by atoms with Crippen LogP contribution < -0.4 is 0 Å². The van der Waals surface area contributed by atoms with Crippen LogP contribution in [-0.4, -0.2) is 59.2 Å². The summed E-state index contributed by atoms with van der Waals surface area (Å²) in [6, 6.07) is 4.61. The SMILES string of the molecule is O=[N+]([O-])c1ccc(CN2CCN(CCO)CC2)c(Cl)c1. The molecule has 1 heterocycles. The molecule has 110 valence electrons. The Bertz CT molecular complexity index is 476. The third-order valence-electron chi connectivity index (χ3n) is 3.52. The zero-order chi connectivity index (χ0) is 14.5. The monoisotopic (exact) mass is 299 g/mol. The molecule has 6 nitrogen and oxygen atoms in total. The number of aliphatic hydroxyl groups is 1. The van der Waals surface area contributed by atoms with Gasteiger partial charge in [-0.1, -0.05) is 11.6 Å². The van der Waals surface area contributed by atoms with Crippen molar-refractivity contribution < 1.29 is 10.0 Å². The van der Waals surface area contributed by atoms with Crippen molar-refractivity contribution in [2.24, 2.45) is 0 Å². The molecule has 0 atom stereocenters. The van der Waals surface area contributed by atoms with Crippen LogP contribution in [0.25, 0.3) is 0 Å². The van der Waals surface area contributed by atoms with Gasteiger partial charge in [0, 0.05) is 51.4 Å². The van der Waals surface area contributed by atoms with E-state index >= 15 is 0 Å². The molecule has 0 radical (unpaired) electrons. The summed E-state index contributed by atoms with van der Waals surface area (Å²) in [6.07, 6.45) is 0. The highest BCUT2D eigenvalue weighted by molar-refractivity contribution is 6.31. The second kappa shape index (κ2) is 6.99. The fraction of sp³-hybridized carbons (Fsp3) is 0.538. The maximum Gasteiger partial charge on any atom is 0.270 e. The Balaban J connectivity index is 1.93. The largest absolute Gasteiger partial charge is 0.395 e. The van der Waals surface area contributed by atoms with Gasteiger partial charge in [-0.3, -0.25) is 19.9 Å². The third kappa shape index (κ3) is 3.89. The molecule has 0 amide bonds. The molecule has 7 heteroatoms. The molecule has 1 aliphatic rings. The van der Waals surface area contributed by atoms with Gasteiger partial charge >= 0.3 is 0 Å². The first-order valence-electron chi connectivity index (χ1n) is 6.58. The van der Waals surface area contributed by atoms with E-state index in [1.54, 1.807) is 6.07 Å². The minimum absolute atomic E-state index is 0.0199. The van der Waals surface area contributed by atoms with E-state index in [2.05, 4.69) is 9.80 Å². The van der Waals surface area contributed by atoms with Crippen molar-refractivity contribution in [3.05, 3.63) is 38.9 Å². The van der Waals surface area contributed by atoms with Gasteiger partial charge in [-0.25, -0.2) is 0 Å². The number of hydrogen-bond acceptors (Lipinski definition) is 5. The first-order chi connectivity index (χ1) is 9.60. The van der Waals surface area contributed by atoms with Crippen molar-refractivity contribution in [1.29, 1.82) is 0 Å². The van der Waals surface area contributed by atoms with E-state index in [0.29, 0.717) is 18.1 Å². The Kier molecular flexibility index (Phi) is 5.31. The van der Waals surface area contributed by atoms with Crippen molar-refractivity contribution in [2.75, 3.05) is 39.3 Å². The topological polar surface area (TPSA) is 69.9 Å². The predicted molar refractivity (Wildman–Crippen MR) is 76.9 cm³/mol. The van der Waals surface area contributed by atoms with Crippen molar-refractivity contribution in [2.45, 2.75) is 6.54 Å².